The van der Waals surface area contributed by atoms with Gasteiger partial charge in [-0.15, -0.1) is 10.2 Å². The monoisotopic (exact) mass is 199 g/mol. The topological polar surface area (TPSA) is 30.7 Å². The molecule has 0 bridgehead atoms. The Hall–Kier alpha value is -1.64. The zero-order valence-electron chi connectivity index (χ0n) is 8.50. The van der Waals surface area contributed by atoms with Crippen LogP contribution in [0.5, 0.6) is 0 Å². The predicted molar refractivity (Wildman–Crippen MR) is 57.5 cm³/mol. The molecule has 3 nitrogen and oxygen atoms in total. The van der Waals surface area contributed by atoms with Crippen molar-refractivity contribution < 1.29 is 0 Å². The van der Waals surface area contributed by atoms with Crippen molar-refractivity contribution in [1.29, 1.82) is 0 Å². The van der Waals surface area contributed by atoms with Crippen LogP contribution in [0.3, 0.4) is 0 Å². The number of fused-ring (bicyclic) bond motifs is 1. The number of hydrogen-bond donors (Lipinski definition) is 0. The zero-order chi connectivity index (χ0) is 10.1. The summed E-state index contributed by atoms with van der Waals surface area (Å²) in [4.78, 5) is 0. The van der Waals surface area contributed by atoms with Crippen LogP contribution in [0, 0.1) is 0 Å². The first-order chi connectivity index (χ1) is 7.43. The van der Waals surface area contributed by atoms with Crippen molar-refractivity contribution in [2.75, 3.05) is 0 Å². The number of nitrogens with zero attached hydrogens (tertiary/aromatic N) is 3. The van der Waals surface area contributed by atoms with E-state index in [9.17, 15) is 0 Å². The van der Waals surface area contributed by atoms with Crippen LogP contribution >= 0.6 is 0 Å². The highest BCUT2D eigenvalue weighted by atomic mass is 15.3. The molecule has 0 aliphatic carbocycles. The van der Waals surface area contributed by atoms with E-state index in [-0.39, 0.29) is 0 Å². The highest BCUT2D eigenvalue weighted by molar-refractivity contribution is 5.20. The summed E-state index contributed by atoms with van der Waals surface area (Å²) in [5.74, 6) is 1.75. The maximum Gasteiger partial charge on any atom is 0.132 e. The summed E-state index contributed by atoms with van der Waals surface area (Å²) in [5.41, 5.74) is 1.43. The third-order valence-corrected chi connectivity index (χ3v) is 3.10. The van der Waals surface area contributed by atoms with E-state index in [4.69, 9.17) is 0 Å². The van der Waals surface area contributed by atoms with Crippen molar-refractivity contribution in [3.8, 4) is 0 Å². The predicted octanol–water partition coefficient (Wildman–Crippen LogP) is 2.01. The lowest BCUT2D eigenvalue weighted by atomic mass is 9.92. The van der Waals surface area contributed by atoms with E-state index in [1.165, 1.54) is 12.0 Å². The fourth-order valence-corrected chi connectivity index (χ4v) is 2.25. The molecule has 1 unspecified atom stereocenters. The Morgan fingerprint density at radius 3 is 2.93 bits per heavy atom. The Morgan fingerprint density at radius 2 is 2.07 bits per heavy atom. The molecule has 0 saturated carbocycles. The first-order valence-corrected chi connectivity index (χ1v) is 5.35. The van der Waals surface area contributed by atoms with Gasteiger partial charge in [-0.05, 0) is 12.0 Å². The van der Waals surface area contributed by atoms with Crippen LogP contribution in [0.4, 0.5) is 0 Å². The molecule has 2 aromatic rings. The lowest BCUT2D eigenvalue weighted by molar-refractivity contribution is 0.456. The minimum atomic E-state index is 0.620. The van der Waals surface area contributed by atoms with Gasteiger partial charge >= 0.3 is 0 Å². The van der Waals surface area contributed by atoms with Crippen LogP contribution in [0.2, 0.25) is 0 Å². The van der Waals surface area contributed by atoms with Crippen LogP contribution in [-0.2, 0) is 13.0 Å². The van der Waals surface area contributed by atoms with E-state index in [0.29, 0.717) is 5.92 Å². The van der Waals surface area contributed by atoms with Gasteiger partial charge in [-0.2, -0.15) is 0 Å². The van der Waals surface area contributed by atoms with Gasteiger partial charge in [0.1, 0.15) is 12.2 Å². The molecule has 15 heavy (non-hydrogen) atoms. The Labute approximate surface area is 88.8 Å². The van der Waals surface area contributed by atoms with E-state index in [0.717, 1.165) is 18.8 Å². The molecule has 1 atom stereocenters. The van der Waals surface area contributed by atoms with Gasteiger partial charge in [-0.3, -0.25) is 0 Å². The summed E-state index contributed by atoms with van der Waals surface area (Å²) >= 11 is 0. The van der Waals surface area contributed by atoms with Crippen LogP contribution in [0.1, 0.15) is 23.7 Å². The van der Waals surface area contributed by atoms with Gasteiger partial charge in [-0.1, -0.05) is 30.3 Å². The molecule has 1 aromatic carbocycles. The Bertz CT molecular complexity index is 447. The fraction of sp³-hybridized carbons (Fsp3) is 0.333. The molecule has 0 saturated heterocycles. The average Bonchev–Trinajstić information content (AvgIpc) is 2.77. The van der Waals surface area contributed by atoms with Gasteiger partial charge in [0.25, 0.3) is 0 Å². The third-order valence-electron chi connectivity index (χ3n) is 3.10. The minimum Gasteiger partial charge on any atom is -0.317 e. The molecule has 0 spiro atoms. The van der Waals surface area contributed by atoms with Crippen LogP contribution in [0.15, 0.2) is 36.7 Å². The zero-order valence-corrected chi connectivity index (χ0v) is 8.50. The van der Waals surface area contributed by atoms with Gasteiger partial charge in [0.05, 0.1) is 0 Å². The number of benzene rings is 1. The van der Waals surface area contributed by atoms with Crippen molar-refractivity contribution in [2.24, 2.45) is 0 Å². The van der Waals surface area contributed by atoms with Crippen LogP contribution in [0.25, 0.3) is 0 Å². The molecule has 3 heteroatoms. The van der Waals surface area contributed by atoms with Crippen LogP contribution < -0.4 is 0 Å². The van der Waals surface area contributed by atoms with E-state index < -0.39 is 0 Å². The number of rotatable bonds is 1. The molecule has 0 fully saturated rings. The molecule has 1 aliphatic heterocycles. The molecule has 0 radical (unpaired) electrons. The Kier molecular flexibility index (Phi) is 2.02. The Morgan fingerprint density at radius 1 is 1.20 bits per heavy atom. The van der Waals surface area contributed by atoms with Gasteiger partial charge in [0.15, 0.2) is 0 Å². The molecule has 2 heterocycles. The Balaban J connectivity index is 1.88. The van der Waals surface area contributed by atoms with Gasteiger partial charge in [-0.25, -0.2) is 0 Å². The van der Waals surface area contributed by atoms with E-state index in [1.54, 1.807) is 0 Å². The average molecular weight is 199 g/mol. The maximum absolute atomic E-state index is 4.10. The smallest absolute Gasteiger partial charge is 0.132 e. The van der Waals surface area contributed by atoms with Crippen LogP contribution in [-0.4, -0.2) is 14.8 Å². The SMILES string of the molecule is c1ccc(C2CCc3nncn3C2)cc1. The molecule has 0 N–H and O–H groups in total. The molecule has 1 aliphatic rings. The fourth-order valence-electron chi connectivity index (χ4n) is 2.25. The molecule has 1 aromatic heterocycles. The lowest BCUT2D eigenvalue weighted by Gasteiger charge is -2.23. The van der Waals surface area contributed by atoms with Crippen molar-refractivity contribution in [2.45, 2.75) is 25.3 Å². The second kappa shape index (κ2) is 3.50. The molecular weight excluding hydrogens is 186 g/mol. The van der Waals surface area contributed by atoms with Gasteiger partial charge in [0, 0.05) is 18.9 Å². The number of aryl methyl sites for hydroxylation is 1. The van der Waals surface area contributed by atoms with Gasteiger partial charge < -0.3 is 4.57 Å². The van der Waals surface area contributed by atoms with Crippen molar-refractivity contribution in [3.63, 3.8) is 0 Å². The van der Waals surface area contributed by atoms with E-state index in [1.807, 2.05) is 6.33 Å². The molecule has 76 valence electrons. The van der Waals surface area contributed by atoms with Crippen molar-refractivity contribution >= 4 is 0 Å². The maximum atomic E-state index is 4.10. The number of aromatic nitrogens is 3. The highest BCUT2D eigenvalue weighted by Gasteiger charge is 2.20. The largest absolute Gasteiger partial charge is 0.317 e. The highest BCUT2D eigenvalue weighted by Crippen LogP contribution is 2.27. The summed E-state index contributed by atoms with van der Waals surface area (Å²) in [6.07, 6.45) is 4.06. The quantitative estimate of drug-likeness (QED) is 0.703. The summed E-state index contributed by atoms with van der Waals surface area (Å²) in [6, 6.07) is 10.7. The first-order valence-electron chi connectivity index (χ1n) is 5.35. The van der Waals surface area contributed by atoms with E-state index >= 15 is 0 Å². The number of hydrogen-bond acceptors (Lipinski definition) is 2. The van der Waals surface area contributed by atoms with Crippen molar-refractivity contribution in [1.82, 2.24) is 14.8 Å². The lowest BCUT2D eigenvalue weighted by Crippen LogP contribution is -2.18. The summed E-state index contributed by atoms with van der Waals surface area (Å²) < 4.78 is 2.17. The molecule has 3 rings (SSSR count). The van der Waals surface area contributed by atoms with E-state index in [2.05, 4.69) is 45.1 Å². The second-order valence-corrected chi connectivity index (χ2v) is 4.05. The normalized spacial score (nSPS) is 19.9. The first kappa shape index (κ1) is 8.65. The summed E-state index contributed by atoms with van der Waals surface area (Å²) in [5, 5.41) is 8.04. The summed E-state index contributed by atoms with van der Waals surface area (Å²) in [6.45, 7) is 1.02. The second-order valence-electron chi connectivity index (χ2n) is 4.05. The molecular formula is C12H13N3. The minimum absolute atomic E-state index is 0.620. The van der Waals surface area contributed by atoms with Gasteiger partial charge in [0.2, 0.25) is 0 Å². The molecule has 0 amide bonds. The summed E-state index contributed by atoms with van der Waals surface area (Å²) in [7, 11) is 0. The third kappa shape index (κ3) is 1.54. The van der Waals surface area contributed by atoms with Crippen molar-refractivity contribution in [3.05, 3.63) is 48.0 Å². The standard InChI is InChI=1S/C12H13N3/c1-2-4-10(5-3-1)11-6-7-12-14-13-9-15(12)8-11/h1-5,9,11H,6-8H2.